The lowest BCUT2D eigenvalue weighted by atomic mass is 10.4. The molecule has 0 bridgehead atoms. The molecule has 7 nitrogen and oxygen atoms in total. The first kappa shape index (κ1) is 17.8. The number of carboxylic acids is 1. The second kappa shape index (κ2) is 7.13. The van der Waals surface area contributed by atoms with Gasteiger partial charge in [0.1, 0.15) is 4.90 Å². The Labute approximate surface area is 122 Å². The predicted molar refractivity (Wildman–Crippen MR) is 68.2 cm³/mol. The molecule has 0 atom stereocenters. The fourth-order valence-corrected chi connectivity index (χ4v) is 2.79. The van der Waals surface area contributed by atoms with Gasteiger partial charge in [0.25, 0.3) is 0 Å². The van der Waals surface area contributed by atoms with E-state index >= 15 is 0 Å². The van der Waals surface area contributed by atoms with Crippen molar-refractivity contribution in [1.82, 2.24) is 14.5 Å². The number of thioether (sulfide) groups is 1. The molecule has 1 aromatic heterocycles. The summed E-state index contributed by atoms with van der Waals surface area (Å²) in [6.45, 7) is -0.387. The molecule has 0 radical (unpaired) electrons. The van der Waals surface area contributed by atoms with Crippen LogP contribution in [0.15, 0.2) is 17.3 Å². The Morgan fingerprint density at radius 3 is 2.71 bits per heavy atom. The summed E-state index contributed by atoms with van der Waals surface area (Å²) >= 11 is -0.327. The largest absolute Gasteiger partial charge is 0.481 e. The number of carboxylic acid groups (broad SMARTS) is 1. The Morgan fingerprint density at radius 1 is 1.48 bits per heavy atom. The average Bonchev–Trinajstić information content (AvgIpc) is 2.80. The minimum absolute atomic E-state index is 0.00518. The summed E-state index contributed by atoms with van der Waals surface area (Å²) in [6, 6.07) is 0. The van der Waals surface area contributed by atoms with Gasteiger partial charge in [0.05, 0.1) is 19.2 Å². The number of carbonyl (C=O) groups is 1. The van der Waals surface area contributed by atoms with Crippen molar-refractivity contribution in [1.29, 1.82) is 0 Å². The van der Waals surface area contributed by atoms with Gasteiger partial charge in [-0.25, -0.2) is 13.1 Å². The molecule has 0 saturated heterocycles. The third-order valence-electron chi connectivity index (χ3n) is 2.13. The molecule has 120 valence electrons. The van der Waals surface area contributed by atoms with Gasteiger partial charge in [-0.3, -0.25) is 9.48 Å². The molecule has 1 rings (SSSR count). The molecule has 0 amide bonds. The van der Waals surface area contributed by atoms with Gasteiger partial charge in [0.15, 0.2) is 0 Å². The first-order chi connectivity index (χ1) is 9.60. The van der Waals surface area contributed by atoms with Crippen LogP contribution in [0.5, 0.6) is 0 Å². The van der Waals surface area contributed by atoms with Gasteiger partial charge in [-0.2, -0.15) is 18.3 Å². The number of aromatic nitrogens is 2. The van der Waals surface area contributed by atoms with Gasteiger partial charge < -0.3 is 5.11 Å². The number of hydrogen-bond acceptors (Lipinski definition) is 5. The Morgan fingerprint density at radius 2 is 2.14 bits per heavy atom. The van der Waals surface area contributed by atoms with Crippen LogP contribution in [-0.4, -0.2) is 47.1 Å². The topological polar surface area (TPSA) is 101 Å². The number of aliphatic carboxylic acids is 1. The van der Waals surface area contributed by atoms with Crippen molar-refractivity contribution in [3.05, 3.63) is 12.4 Å². The highest BCUT2D eigenvalue weighted by Crippen LogP contribution is 2.29. The summed E-state index contributed by atoms with van der Waals surface area (Å²) in [7, 11) is -3.96. The Hall–Kier alpha value is -1.27. The highest BCUT2D eigenvalue weighted by Gasteiger charge is 2.27. The van der Waals surface area contributed by atoms with Gasteiger partial charge in [-0.15, -0.1) is 0 Å². The Balaban J connectivity index is 2.52. The van der Waals surface area contributed by atoms with Crippen molar-refractivity contribution in [2.24, 2.45) is 0 Å². The van der Waals surface area contributed by atoms with E-state index in [-0.39, 0.29) is 36.2 Å². The molecular formula is C9H12F3N3O4S2. The lowest BCUT2D eigenvalue weighted by molar-refractivity contribution is -0.137. The van der Waals surface area contributed by atoms with Crippen LogP contribution in [0.1, 0.15) is 6.42 Å². The monoisotopic (exact) mass is 347 g/mol. The van der Waals surface area contributed by atoms with Gasteiger partial charge in [0.2, 0.25) is 10.0 Å². The lowest BCUT2D eigenvalue weighted by Gasteiger charge is -2.06. The molecule has 12 heteroatoms. The third-order valence-corrected chi connectivity index (χ3v) is 4.29. The smallest absolute Gasteiger partial charge is 0.441 e. The average molecular weight is 347 g/mol. The maximum atomic E-state index is 11.9. The van der Waals surface area contributed by atoms with Gasteiger partial charge in [-0.05, 0) is 11.8 Å². The fraction of sp³-hybridized carbons (Fsp3) is 0.556. The maximum Gasteiger partial charge on any atom is 0.441 e. The standard InChI is InChI=1S/C9H12F3N3O4S2/c10-9(11,12)20-4-2-14-21(18,19)7-5-13-15(6-7)3-1-8(16)17/h5-6,14H,1-4H2,(H,16,17). The summed E-state index contributed by atoms with van der Waals surface area (Å²) in [5, 5.41) is 12.2. The summed E-state index contributed by atoms with van der Waals surface area (Å²) in [5.41, 5.74) is -4.41. The Bertz CT molecular complexity index is 585. The van der Waals surface area contributed by atoms with E-state index in [1.165, 1.54) is 0 Å². The van der Waals surface area contributed by atoms with E-state index in [0.29, 0.717) is 0 Å². The van der Waals surface area contributed by atoms with Crippen LogP contribution in [0.4, 0.5) is 13.2 Å². The second-order valence-corrected chi connectivity index (χ2v) is 6.70. The molecular weight excluding hydrogens is 335 g/mol. The summed E-state index contributed by atoms with van der Waals surface area (Å²) in [6.07, 6.45) is 1.89. The van der Waals surface area contributed by atoms with Crippen LogP contribution >= 0.6 is 11.8 Å². The first-order valence-corrected chi connectivity index (χ1v) is 8.01. The zero-order valence-electron chi connectivity index (χ0n) is 10.5. The quantitative estimate of drug-likeness (QED) is 0.677. The van der Waals surface area contributed by atoms with Crippen LogP contribution in [-0.2, 0) is 21.4 Å². The molecule has 0 aliphatic carbocycles. The Kier molecular flexibility index (Phi) is 6.04. The normalized spacial score (nSPS) is 12.5. The molecule has 0 fully saturated rings. The number of sulfonamides is 1. The van der Waals surface area contributed by atoms with Crippen molar-refractivity contribution in [2.75, 3.05) is 12.3 Å². The number of aryl methyl sites for hydroxylation is 1. The summed E-state index contributed by atoms with van der Waals surface area (Å²) < 4.78 is 62.2. The number of alkyl halides is 3. The molecule has 0 aliphatic rings. The molecule has 0 spiro atoms. The van der Waals surface area contributed by atoms with E-state index in [4.69, 9.17) is 5.11 Å². The maximum absolute atomic E-state index is 11.9. The highest BCUT2D eigenvalue weighted by atomic mass is 32.2. The molecule has 0 saturated carbocycles. The number of nitrogens with one attached hydrogen (secondary N) is 1. The first-order valence-electron chi connectivity index (χ1n) is 5.55. The van der Waals surface area contributed by atoms with Crippen molar-refractivity contribution in [3.63, 3.8) is 0 Å². The molecule has 0 aromatic carbocycles. The van der Waals surface area contributed by atoms with Crippen LogP contribution in [0.25, 0.3) is 0 Å². The third kappa shape index (κ3) is 6.82. The van der Waals surface area contributed by atoms with E-state index in [9.17, 15) is 26.4 Å². The second-order valence-electron chi connectivity index (χ2n) is 3.77. The minimum Gasteiger partial charge on any atom is -0.481 e. The molecule has 2 N–H and O–H groups in total. The van der Waals surface area contributed by atoms with Crippen LogP contribution in [0.3, 0.4) is 0 Å². The SMILES string of the molecule is O=C(O)CCn1cc(S(=O)(=O)NCCSC(F)(F)F)cn1. The van der Waals surface area contributed by atoms with Gasteiger partial charge in [0, 0.05) is 18.5 Å². The molecule has 0 unspecified atom stereocenters. The highest BCUT2D eigenvalue weighted by molar-refractivity contribution is 8.00. The zero-order chi connectivity index (χ0) is 16.1. The van der Waals surface area contributed by atoms with E-state index in [1.54, 1.807) is 0 Å². The number of hydrogen-bond donors (Lipinski definition) is 2. The van der Waals surface area contributed by atoms with E-state index in [2.05, 4.69) is 5.10 Å². The fourth-order valence-electron chi connectivity index (χ4n) is 1.24. The lowest BCUT2D eigenvalue weighted by Crippen LogP contribution is -2.26. The van der Waals surface area contributed by atoms with Crippen LogP contribution in [0.2, 0.25) is 0 Å². The van der Waals surface area contributed by atoms with Crippen LogP contribution in [0, 0.1) is 0 Å². The molecule has 21 heavy (non-hydrogen) atoms. The number of nitrogens with zero attached hydrogens (tertiary/aromatic N) is 2. The van der Waals surface area contributed by atoms with E-state index < -0.39 is 27.3 Å². The summed E-state index contributed by atoms with van der Waals surface area (Å²) in [5.74, 6) is -1.51. The predicted octanol–water partition coefficient (Wildman–Crippen LogP) is 0.889. The molecule has 1 aromatic rings. The van der Waals surface area contributed by atoms with Crippen molar-refractivity contribution < 1.29 is 31.5 Å². The van der Waals surface area contributed by atoms with Gasteiger partial charge >= 0.3 is 11.5 Å². The van der Waals surface area contributed by atoms with Crippen molar-refractivity contribution in [2.45, 2.75) is 23.4 Å². The van der Waals surface area contributed by atoms with Crippen LogP contribution < -0.4 is 4.72 Å². The number of halogens is 3. The van der Waals surface area contributed by atoms with Gasteiger partial charge in [-0.1, -0.05) is 0 Å². The van der Waals surface area contributed by atoms with Crippen molar-refractivity contribution >= 4 is 27.8 Å². The zero-order valence-corrected chi connectivity index (χ0v) is 12.1. The van der Waals surface area contributed by atoms with E-state index in [0.717, 1.165) is 17.1 Å². The van der Waals surface area contributed by atoms with Crippen molar-refractivity contribution in [3.8, 4) is 0 Å². The minimum atomic E-state index is -4.41. The number of rotatable bonds is 8. The molecule has 0 aliphatic heterocycles. The summed E-state index contributed by atoms with van der Waals surface area (Å²) in [4.78, 5) is 10.1. The molecule has 1 heterocycles. The van der Waals surface area contributed by atoms with E-state index in [1.807, 2.05) is 4.72 Å².